The second-order valence-electron chi connectivity index (χ2n) is 3.37. The second kappa shape index (κ2) is 5.71. The van der Waals surface area contributed by atoms with Gasteiger partial charge in [0.25, 0.3) is 0 Å². The molecule has 1 atom stereocenters. The number of aliphatic carboxylic acids is 1. The number of pyridine rings is 1. The van der Waals surface area contributed by atoms with Crippen molar-refractivity contribution in [2.45, 2.75) is 13.3 Å². The van der Waals surface area contributed by atoms with E-state index in [2.05, 4.69) is 10.3 Å². The molecule has 0 aliphatic rings. The molecule has 2 N–H and O–H groups in total. The van der Waals surface area contributed by atoms with Gasteiger partial charge in [-0.05, 0) is 18.6 Å². The fraction of sp³-hybridized carbons (Fsp3) is 0.364. The van der Waals surface area contributed by atoms with Gasteiger partial charge in [-0.3, -0.25) is 4.79 Å². The van der Waals surface area contributed by atoms with Crippen LogP contribution in [-0.2, 0) is 4.79 Å². The van der Waals surface area contributed by atoms with Crippen molar-refractivity contribution >= 4 is 11.7 Å². The number of rotatable bonds is 5. The van der Waals surface area contributed by atoms with Crippen LogP contribution in [0.2, 0.25) is 0 Å². The summed E-state index contributed by atoms with van der Waals surface area (Å²) in [4.78, 5) is 14.6. The summed E-state index contributed by atoms with van der Waals surface area (Å²) in [7, 11) is 0. The fourth-order valence-electron chi connectivity index (χ4n) is 1.25. The Morgan fingerprint density at radius 3 is 3.06 bits per heavy atom. The minimum Gasteiger partial charge on any atom is -0.481 e. The average molecular weight is 219 g/mol. The summed E-state index contributed by atoms with van der Waals surface area (Å²) in [6.45, 7) is 2.18. The summed E-state index contributed by atoms with van der Waals surface area (Å²) in [5.41, 5.74) is 1.03. The number of nitrogens with one attached hydrogen (secondary N) is 1. The zero-order valence-electron chi connectivity index (χ0n) is 8.97. The van der Waals surface area contributed by atoms with Crippen LogP contribution in [0.1, 0.15) is 19.0 Å². The zero-order chi connectivity index (χ0) is 12.0. The number of carbonyl (C=O) groups is 1. The number of anilines is 1. The minimum atomic E-state index is -0.815. The number of nitrogens with zero attached hydrogens (tertiary/aromatic N) is 2. The van der Waals surface area contributed by atoms with Gasteiger partial charge in [-0.1, -0.05) is 6.92 Å². The lowest BCUT2D eigenvalue weighted by Gasteiger charge is -2.11. The third-order valence-electron chi connectivity index (χ3n) is 2.27. The average Bonchev–Trinajstić information content (AvgIpc) is 2.29. The molecule has 0 bridgehead atoms. The molecule has 0 spiro atoms. The molecule has 1 aromatic rings. The van der Waals surface area contributed by atoms with Crippen LogP contribution in [0.15, 0.2) is 18.3 Å². The Hall–Kier alpha value is -2.09. The Morgan fingerprint density at radius 1 is 1.75 bits per heavy atom. The van der Waals surface area contributed by atoms with E-state index in [0.29, 0.717) is 24.3 Å². The van der Waals surface area contributed by atoms with E-state index in [1.165, 1.54) is 6.20 Å². The largest absolute Gasteiger partial charge is 0.481 e. The van der Waals surface area contributed by atoms with Gasteiger partial charge in [0.1, 0.15) is 11.8 Å². The summed E-state index contributed by atoms with van der Waals surface area (Å²) in [5, 5.41) is 20.5. The van der Waals surface area contributed by atoms with Crippen molar-refractivity contribution in [3.8, 4) is 6.07 Å². The van der Waals surface area contributed by atoms with Crippen molar-refractivity contribution in [1.29, 1.82) is 5.26 Å². The van der Waals surface area contributed by atoms with Crippen LogP contribution in [-0.4, -0.2) is 22.6 Å². The highest BCUT2D eigenvalue weighted by molar-refractivity contribution is 5.70. The quantitative estimate of drug-likeness (QED) is 0.783. The summed E-state index contributed by atoms with van der Waals surface area (Å²) in [5.74, 6) is -1.23. The molecule has 0 aromatic carbocycles. The first-order valence-corrected chi connectivity index (χ1v) is 5.00. The maximum absolute atomic E-state index is 10.8. The third-order valence-corrected chi connectivity index (χ3v) is 2.27. The van der Waals surface area contributed by atoms with Crippen molar-refractivity contribution < 1.29 is 9.90 Å². The van der Waals surface area contributed by atoms with E-state index in [1.54, 1.807) is 12.1 Å². The fourth-order valence-corrected chi connectivity index (χ4v) is 1.25. The van der Waals surface area contributed by atoms with E-state index in [0.717, 1.165) is 0 Å². The maximum Gasteiger partial charge on any atom is 0.308 e. The van der Waals surface area contributed by atoms with Crippen LogP contribution in [0.3, 0.4) is 0 Å². The molecule has 1 rings (SSSR count). The normalized spacial score (nSPS) is 11.5. The van der Waals surface area contributed by atoms with Crippen molar-refractivity contribution in [1.82, 2.24) is 4.98 Å². The first-order valence-electron chi connectivity index (χ1n) is 5.00. The van der Waals surface area contributed by atoms with Crippen LogP contribution in [0.5, 0.6) is 0 Å². The molecule has 0 aliphatic carbocycles. The van der Waals surface area contributed by atoms with Gasteiger partial charge in [0.2, 0.25) is 0 Å². The Bertz CT molecular complexity index is 412. The molecular formula is C11H13N3O2. The van der Waals surface area contributed by atoms with Crippen LogP contribution in [0, 0.1) is 17.2 Å². The van der Waals surface area contributed by atoms with Crippen molar-refractivity contribution in [2.75, 3.05) is 11.9 Å². The van der Waals surface area contributed by atoms with Crippen LogP contribution < -0.4 is 5.32 Å². The molecule has 16 heavy (non-hydrogen) atoms. The molecule has 1 unspecified atom stereocenters. The molecule has 0 fully saturated rings. The van der Waals surface area contributed by atoms with E-state index < -0.39 is 11.9 Å². The van der Waals surface area contributed by atoms with Gasteiger partial charge in [-0.15, -0.1) is 0 Å². The van der Waals surface area contributed by atoms with Gasteiger partial charge in [0.15, 0.2) is 0 Å². The van der Waals surface area contributed by atoms with Crippen molar-refractivity contribution in [2.24, 2.45) is 5.92 Å². The molecule has 1 aromatic heterocycles. The highest BCUT2D eigenvalue weighted by atomic mass is 16.4. The summed E-state index contributed by atoms with van der Waals surface area (Å²) in [6.07, 6.45) is 2.08. The van der Waals surface area contributed by atoms with Gasteiger partial charge in [0.05, 0.1) is 5.92 Å². The van der Waals surface area contributed by atoms with E-state index in [4.69, 9.17) is 10.4 Å². The van der Waals surface area contributed by atoms with E-state index in [1.807, 2.05) is 13.0 Å². The summed E-state index contributed by atoms with van der Waals surface area (Å²) < 4.78 is 0. The smallest absolute Gasteiger partial charge is 0.308 e. The summed E-state index contributed by atoms with van der Waals surface area (Å²) in [6, 6.07) is 5.22. The molecule has 5 nitrogen and oxygen atoms in total. The first kappa shape index (κ1) is 12.0. The van der Waals surface area contributed by atoms with Crippen molar-refractivity contribution in [3.05, 3.63) is 24.0 Å². The summed E-state index contributed by atoms with van der Waals surface area (Å²) >= 11 is 0. The maximum atomic E-state index is 10.8. The standard InChI is InChI=1S/C11H13N3O2/c1-2-8(11(15)16)7-14-9-3-4-13-10(5-9)6-12/h3-5,8H,2,7H2,1H3,(H,13,14)(H,15,16). The lowest BCUT2D eigenvalue weighted by molar-refractivity contribution is -0.141. The molecule has 84 valence electrons. The number of carboxylic acid groups (broad SMARTS) is 1. The lowest BCUT2D eigenvalue weighted by atomic mass is 10.1. The third kappa shape index (κ3) is 3.24. The van der Waals surface area contributed by atoms with Gasteiger partial charge >= 0.3 is 5.97 Å². The number of carboxylic acids is 1. The van der Waals surface area contributed by atoms with Gasteiger partial charge in [0, 0.05) is 18.4 Å². The van der Waals surface area contributed by atoms with Gasteiger partial charge < -0.3 is 10.4 Å². The Morgan fingerprint density at radius 2 is 2.50 bits per heavy atom. The Labute approximate surface area is 93.7 Å². The number of hydrogen-bond donors (Lipinski definition) is 2. The second-order valence-corrected chi connectivity index (χ2v) is 3.37. The number of aromatic nitrogens is 1. The highest BCUT2D eigenvalue weighted by Gasteiger charge is 2.14. The Balaban J connectivity index is 2.60. The molecule has 0 amide bonds. The molecule has 0 saturated heterocycles. The molecule has 0 aliphatic heterocycles. The minimum absolute atomic E-state index is 0.313. The first-order chi connectivity index (χ1) is 7.67. The van der Waals surface area contributed by atoms with Crippen LogP contribution in [0.25, 0.3) is 0 Å². The van der Waals surface area contributed by atoms with Crippen molar-refractivity contribution in [3.63, 3.8) is 0 Å². The Kier molecular flexibility index (Phi) is 4.28. The highest BCUT2D eigenvalue weighted by Crippen LogP contribution is 2.10. The predicted octanol–water partition coefficient (Wildman–Crippen LogP) is 1.48. The van der Waals surface area contributed by atoms with E-state index in [-0.39, 0.29) is 0 Å². The van der Waals surface area contributed by atoms with Crippen LogP contribution in [0.4, 0.5) is 5.69 Å². The molecule has 5 heteroatoms. The molecular weight excluding hydrogens is 206 g/mol. The number of hydrogen-bond acceptors (Lipinski definition) is 4. The molecule has 0 radical (unpaired) electrons. The SMILES string of the molecule is CCC(CNc1ccnc(C#N)c1)C(=O)O. The van der Waals surface area contributed by atoms with E-state index in [9.17, 15) is 4.79 Å². The van der Waals surface area contributed by atoms with Crippen LogP contribution >= 0.6 is 0 Å². The number of nitriles is 1. The topological polar surface area (TPSA) is 86.0 Å². The monoisotopic (exact) mass is 219 g/mol. The zero-order valence-corrected chi connectivity index (χ0v) is 8.97. The van der Waals surface area contributed by atoms with Gasteiger partial charge in [-0.25, -0.2) is 4.98 Å². The predicted molar refractivity (Wildman–Crippen MR) is 58.9 cm³/mol. The lowest BCUT2D eigenvalue weighted by Crippen LogP contribution is -2.22. The molecule has 0 saturated carbocycles. The van der Waals surface area contributed by atoms with E-state index >= 15 is 0 Å². The molecule has 1 heterocycles. The van der Waals surface area contributed by atoms with Gasteiger partial charge in [-0.2, -0.15) is 5.26 Å².